The summed E-state index contributed by atoms with van der Waals surface area (Å²) in [4.78, 5) is 16.5. The maximum absolute atomic E-state index is 6.60. The lowest BCUT2D eigenvalue weighted by atomic mass is 9.88. The van der Waals surface area contributed by atoms with Crippen molar-refractivity contribution in [3.05, 3.63) is 75.7 Å². The van der Waals surface area contributed by atoms with Crippen molar-refractivity contribution in [1.82, 2.24) is 14.9 Å². The third-order valence-corrected chi connectivity index (χ3v) is 7.55. The second kappa shape index (κ2) is 12.1. The zero-order valence-electron chi connectivity index (χ0n) is 22.8. The highest BCUT2D eigenvalue weighted by Crippen LogP contribution is 2.35. The zero-order chi connectivity index (χ0) is 27.4. The molecular formula is C30H35ClN6O2. The maximum atomic E-state index is 6.60. The molecule has 0 amide bonds. The topological polar surface area (TPSA) is 97.9 Å². The summed E-state index contributed by atoms with van der Waals surface area (Å²) < 4.78 is 11.6. The minimum atomic E-state index is 0.438. The number of halogens is 1. The number of methoxy groups -OCH3 is 1. The number of likely N-dealkylation sites (tertiary alicyclic amines) is 1. The summed E-state index contributed by atoms with van der Waals surface area (Å²) in [5.41, 5.74) is 13.3. The van der Waals surface area contributed by atoms with Gasteiger partial charge >= 0.3 is 0 Å². The van der Waals surface area contributed by atoms with E-state index in [9.17, 15) is 0 Å². The smallest absolute Gasteiger partial charge is 0.227 e. The first-order chi connectivity index (χ1) is 19.0. The average Bonchev–Trinajstić information content (AvgIpc) is 3.46. The highest BCUT2D eigenvalue weighted by atomic mass is 35.5. The Morgan fingerprint density at radius 3 is 2.74 bits per heavy atom. The van der Waals surface area contributed by atoms with Crippen LogP contribution in [0.2, 0.25) is 5.02 Å². The number of fused-ring (bicyclic) bond motifs is 1. The fourth-order valence-corrected chi connectivity index (χ4v) is 5.36. The van der Waals surface area contributed by atoms with Crippen LogP contribution < -0.4 is 20.5 Å². The van der Waals surface area contributed by atoms with E-state index < -0.39 is 0 Å². The number of hydrogen-bond acceptors (Lipinski definition) is 8. The molecule has 1 fully saturated rings. The number of nitrogens with two attached hydrogens (primary N) is 1. The minimum Gasteiger partial charge on any atom is -0.494 e. The Hall–Kier alpha value is -3.62. The van der Waals surface area contributed by atoms with Gasteiger partial charge in [-0.05, 0) is 75.5 Å². The first-order valence-electron chi connectivity index (χ1n) is 13.4. The van der Waals surface area contributed by atoms with E-state index in [1.165, 1.54) is 12.8 Å². The van der Waals surface area contributed by atoms with Crippen LogP contribution >= 0.6 is 11.6 Å². The number of allylic oxidation sites excluding steroid dienone is 2. The van der Waals surface area contributed by atoms with Gasteiger partial charge < -0.3 is 20.5 Å². The minimum absolute atomic E-state index is 0.438. The lowest BCUT2D eigenvalue weighted by Crippen LogP contribution is -2.25. The number of aromatic nitrogens is 2. The Bertz CT molecular complexity index is 1410. The summed E-state index contributed by atoms with van der Waals surface area (Å²) in [6, 6.07) is 11.6. The van der Waals surface area contributed by atoms with Gasteiger partial charge in [0.1, 0.15) is 18.1 Å². The molecule has 0 saturated carbocycles. The van der Waals surface area contributed by atoms with Crippen LogP contribution in [0.15, 0.2) is 53.3 Å². The van der Waals surface area contributed by atoms with Crippen LogP contribution in [0.25, 0.3) is 5.57 Å². The van der Waals surface area contributed by atoms with Crippen LogP contribution in [-0.2, 0) is 6.42 Å². The van der Waals surface area contributed by atoms with Crippen LogP contribution in [0.3, 0.4) is 0 Å². The number of benzene rings is 2. The van der Waals surface area contributed by atoms with Crippen LogP contribution in [0.4, 0.5) is 11.6 Å². The molecule has 2 aliphatic rings. The van der Waals surface area contributed by atoms with E-state index in [0.717, 1.165) is 76.9 Å². The monoisotopic (exact) mass is 546 g/mol. The van der Waals surface area contributed by atoms with Gasteiger partial charge in [0, 0.05) is 47.7 Å². The van der Waals surface area contributed by atoms with Gasteiger partial charge in [-0.25, -0.2) is 9.97 Å². The molecule has 8 nitrogen and oxygen atoms in total. The van der Waals surface area contributed by atoms with Crippen molar-refractivity contribution >= 4 is 34.5 Å². The predicted molar refractivity (Wildman–Crippen MR) is 158 cm³/mol. The molecule has 0 radical (unpaired) electrons. The van der Waals surface area contributed by atoms with Gasteiger partial charge in [0.15, 0.2) is 0 Å². The lowest BCUT2D eigenvalue weighted by Gasteiger charge is -2.23. The Morgan fingerprint density at radius 2 is 1.97 bits per heavy atom. The fourth-order valence-electron chi connectivity index (χ4n) is 5.15. The largest absolute Gasteiger partial charge is 0.494 e. The van der Waals surface area contributed by atoms with Gasteiger partial charge in [0.05, 0.1) is 24.2 Å². The second-order valence-corrected chi connectivity index (χ2v) is 10.3. The Labute approximate surface area is 234 Å². The number of hydrogen-bond donors (Lipinski definition) is 2. The van der Waals surface area contributed by atoms with Crippen LogP contribution in [0, 0.1) is 6.92 Å². The Balaban J connectivity index is 1.39. The average molecular weight is 547 g/mol. The molecule has 1 saturated heterocycles. The molecule has 0 bridgehead atoms. The van der Waals surface area contributed by atoms with Crippen molar-refractivity contribution in [2.45, 2.75) is 32.6 Å². The number of anilines is 2. The summed E-state index contributed by atoms with van der Waals surface area (Å²) in [7, 11) is 3.39. The zero-order valence-corrected chi connectivity index (χ0v) is 23.5. The van der Waals surface area contributed by atoms with E-state index in [2.05, 4.69) is 20.2 Å². The summed E-state index contributed by atoms with van der Waals surface area (Å²) in [6.45, 7) is 5.92. The molecule has 9 heteroatoms. The van der Waals surface area contributed by atoms with E-state index in [-0.39, 0.29) is 0 Å². The van der Waals surface area contributed by atoms with Gasteiger partial charge in [-0.2, -0.15) is 0 Å². The van der Waals surface area contributed by atoms with E-state index in [4.69, 9.17) is 31.8 Å². The highest BCUT2D eigenvalue weighted by Gasteiger charge is 2.26. The molecule has 0 unspecified atom stereocenters. The molecule has 1 aliphatic carbocycles. The molecule has 3 aromatic rings. The SMILES string of the molecule is CN=C(C1=C(N)CCc2cnc(Nc3ccc(OCCN4CCCC4)cc3OC)nc21)c1cc(C)ccc1Cl. The van der Waals surface area contributed by atoms with E-state index in [1.54, 1.807) is 14.2 Å². The molecule has 1 aliphatic heterocycles. The van der Waals surface area contributed by atoms with E-state index in [0.29, 0.717) is 29.7 Å². The summed E-state index contributed by atoms with van der Waals surface area (Å²) in [5.74, 6) is 1.85. The van der Waals surface area contributed by atoms with Crippen LogP contribution in [0.1, 0.15) is 41.6 Å². The number of aliphatic imine (C=N–C) groups is 1. The van der Waals surface area contributed by atoms with E-state index in [1.807, 2.05) is 49.5 Å². The molecule has 5 rings (SSSR count). The van der Waals surface area contributed by atoms with Crippen molar-refractivity contribution < 1.29 is 9.47 Å². The number of nitrogens with zero attached hydrogens (tertiary/aromatic N) is 4. The van der Waals surface area contributed by atoms with Crippen molar-refractivity contribution in [2.75, 3.05) is 45.7 Å². The predicted octanol–water partition coefficient (Wildman–Crippen LogP) is 5.40. The molecule has 3 N–H and O–H groups in total. The van der Waals surface area contributed by atoms with Crippen molar-refractivity contribution in [2.24, 2.45) is 10.7 Å². The summed E-state index contributed by atoms with van der Waals surface area (Å²) in [6.07, 6.45) is 5.86. The van der Waals surface area contributed by atoms with Gasteiger partial charge in [0.2, 0.25) is 5.95 Å². The van der Waals surface area contributed by atoms with Gasteiger partial charge in [0.25, 0.3) is 0 Å². The third kappa shape index (κ3) is 6.02. The second-order valence-electron chi connectivity index (χ2n) is 9.91. The lowest BCUT2D eigenvalue weighted by molar-refractivity contribution is 0.237. The van der Waals surface area contributed by atoms with Gasteiger partial charge in [-0.3, -0.25) is 9.89 Å². The fraction of sp³-hybridized carbons (Fsp3) is 0.367. The van der Waals surface area contributed by atoms with E-state index >= 15 is 0 Å². The maximum Gasteiger partial charge on any atom is 0.227 e. The van der Waals surface area contributed by atoms with Crippen molar-refractivity contribution in [3.8, 4) is 11.5 Å². The molecule has 2 heterocycles. The van der Waals surface area contributed by atoms with Gasteiger partial charge in [-0.15, -0.1) is 0 Å². The van der Waals surface area contributed by atoms with Gasteiger partial charge in [-0.1, -0.05) is 23.2 Å². The van der Waals surface area contributed by atoms with Crippen LogP contribution in [0.5, 0.6) is 11.5 Å². The Morgan fingerprint density at radius 1 is 1.15 bits per heavy atom. The first-order valence-corrected chi connectivity index (χ1v) is 13.7. The highest BCUT2D eigenvalue weighted by molar-refractivity contribution is 6.40. The molecule has 1 aromatic heterocycles. The van der Waals surface area contributed by atoms with Crippen molar-refractivity contribution in [1.29, 1.82) is 0 Å². The third-order valence-electron chi connectivity index (χ3n) is 7.22. The number of nitrogens with one attached hydrogen (secondary N) is 1. The molecule has 39 heavy (non-hydrogen) atoms. The summed E-state index contributed by atoms with van der Waals surface area (Å²) in [5, 5.41) is 3.93. The number of rotatable bonds is 9. The molecule has 0 spiro atoms. The number of ether oxygens (including phenoxy) is 2. The standard InChI is InChI=1S/C30H35ClN6O2/c1-19-6-9-23(31)22(16-19)29(33-2)27-24(32)10-7-20-18-34-30(36-28(20)27)35-25-11-8-21(17-26(25)38-3)39-15-14-37-12-4-5-13-37/h6,8-9,11,16-18H,4-5,7,10,12-15,32H2,1-3H3,(H,34,35,36). The molecule has 204 valence electrons. The van der Waals surface area contributed by atoms with Crippen LogP contribution in [-0.4, -0.2) is 61.0 Å². The molecular weight excluding hydrogens is 512 g/mol. The quantitative estimate of drug-likeness (QED) is 0.347. The normalized spacial score (nSPS) is 15.8. The summed E-state index contributed by atoms with van der Waals surface area (Å²) >= 11 is 6.60. The first kappa shape index (κ1) is 27.0. The molecule has 2 aromatic carbocycles. The number of aryl methyl sites for hydroxylation is 2. The van der Waals surface area contributed by atoms with Crippen molar-refractivity contribution in [3.63, 3.8) is 0 Å². The molecule has 0 atom stereocenters. The Kier molecular flexibility index (Phi) is 8.33.